The summed E-state index contributed by atoms with van der Waals surface area (Å²) in [5, 5.41) is 0. The van der Waals surface area contributed by atoms with Gasteiger partial charge < -0.3 is 9.55 Å². The molecule has 2 aromatic carbocycles. The molecule has 0 radical (unpaired) electrons. The number of aryl methyl sites for hydroxylation is 1. The summed E-state index contributed by atoms with van der Waals surface area (Å²) in [5.74, 6) is 1.45. The van der Waals surface area contributed by atoms with Gasteiger partial charge in [0, 0.05) is 7.05 Å². The third-order valence-corrected chi connectivity index (χ3v) is 3.70. The number of aromatic nitrogens is 4. The minimum absolute atomic E-state index is 0.263. The van der Waals surface area contributed by atoms with Crippen molar-refractivity contribution in [3.63, 3.8) is 0 Å². The van der Waals surface area contributed by atoms with Gasteiger partial charge in [-0.15, -0.1) is 0 Å². The highest BCUT2D eigenvalue weighted by Gasteiger charge is 2.10. The molecule has 0 amide bonds. The van der Waals surface area contributed by atoms with Gasteiger partial charge in [-0.05, 0) is 30.3 Å². The normalized spacial score (nSPS) is 11.5. The molecule has 104 valence electrons. The van der Waals surface area contributed by atoms with Crippen molar-refractivity contribution in [2.45, 2.75) is 6.42 Å². The molecule has 0 saturated carbocycles. The Morgan fingerprint density at radius 3 is 2.81 bits per heavy atom. The molecular weight excluding hydrogens is 267 g/mol. The first-order valence-corrected chi connectivity index (χ1v) is 6.75. The Morgan fingerprint density at radius 2 is 1.95 bits per heavy atom. The van der Waals surface area contributed by atoms with Gasteiger partial charge in [0.2, 0.25) is 0 Å². The molecule has 4 rings (SSSR count). The molecule has 2 aromatic heterocycles. The molecule has 2 heterocycles. The fourth-order valence-corrected chi connectivity index (χ4v) is 2.62. The van der Waals surface area contributed by atoms with Gasteiger partial charge in [-0.25, -0.2) is 14.4 Å². The molecular formula is C16H13FN4. The molecule has 0 fully saturated rings. The minimum atomic E-state index is -0.263. The zero-order chi connectivity index (χ0) is 14.4. The van der Waals surface area contributed by atoms with Crippen molar-refractivity contribution in [2.75, 3.05) is 0 Å². The van der Waals surface area contributed by atoms with E-state index in [9.17, 15) is 4.39 Å². The highest BCUT2D eigenvalue weighted by molar-refractivity contribution is 5.76. The largest absolute Gasteiger partial charge is 0.342 e. The number of imidazole rings is 2. The number of hydrogen-bond acceptors (Lipinski definition) is 2. The maximum atomic E-state index is 13.2. The molecule has 0 saturated heterocycles. The van der Waals surface area contributed by atoms with E-state index in [1.165, 1.54) is 12.1 Å². The molecule has 0 aliphatic rings. The maximum absolute atomic E-state index is 13.2. The number of benzene rings is 2. The van der Waals surface area contributed by atoms with E-state index in [2.05, 4.69) is 19.5 Å². The van der Waals surface area contributed by atoms with Crippen LogP contribution in [0.2, 0.25) is 0 Å². The van der Waals surface area contributed by atoms with Crippen molar-refractivity contribution in [1.82, 2.24) is 19.5 Å². The highest BCUT2D eigenvalue weighted by Crippen LogP contribution is 2.18. The molecule has 4 nitrogen and oxygen atoms in total. The molecule has 0 aliphatic heterocycles. The second kappa shape index (κ2) is 4.41. The van der Waals surface area contributed by atoms with Gasteiger partial charge in [0.1, 0.15) is 17.5 Å². The van der Waals surface area contributed by atoms with E-state index in [4.69, 9.17) is 0 Å². The van der Waals surface area contributed by atoms with Gasteiger partial charge in [-0.1, -0.05) is 12.1 Å². The molecule has 0 aliphatic carbocycles. The Bertz CT molecular complexity index is 951. The van der Waals surface area contributed by atoms with Crippen LogP contribution in [-0.4, -0.2) is 19.5 Å². The topological polar surface area (TPSA) is 46.5 Å². The van der Waals surface area contributed by atoms with Crippen LogP contribution in [-0.2, 0) is 13.5 Å². The van der Waals surface area contributed by atoms with Crippen molar-refractivity contribution in [2.24, 2.45) is 7.05 Å². The summed E-state index contributed by atoms with van der Waals surface area (Å²) < 4.78 is 15.3. The summed E-state index contributed by atoms with van der Waals surface area (Å²) in [6.07, 6.45) is 0.585. The average Bonchev–Trinajstić information content (AvgIpc) is 3.01. The smallest absolute Gasteiger partial charge is 0.125 e. The summed E-state index contributed by atoms with van der Waals surface area (Å²) in [7, 11) is 1.99. The van der Waals surface area contributed by atoms with E-state index in [-0.39, 0.29) is 5.82 Å². The van der Waals surface area contributed by atoms with Crippen molar-refractivity contribution in [1.29, 1.82) is 0 Å². The fourth-order valence-electron chi connectivity index (χ4n) is 2.62. The number of fused-ring (bicyclic) bond motifs is 2. The van der Waals surface area contributed by atoms with Crippen LogP contribution in [0.3, 0.4) is 0 Å². The number of H-pyrrole nitrogens is 1. The summed E-state index contributed by atoms with van der Waals surface area (Å²) in [4.78, 5) is 12.3. The molecule has 0 unspecified atom stereocenters. The summed E-state index contributed by atoms with van der Waals surface area (Å²) in [5.41, 5.74) is 3.54. The van der Waals surface area contributed by atoms with Crippen LogP contribution in [0.4, 0.5) is 4.39 Å². The van der Waals surface area contributed by atoms with E-state index in [1.54, 1.807) is 6.07 Å². The fraction of sp³-hybridized carbons (Fsp3) is 0.125. The quantitative estimate of drug-likeness (QED) is 0.613. The third-order valence-electron chi connectivity index (χ3n) is 3.70. The number of halogens is 1. The van der Waals surface area contributed by atoms with Crippen LogP contribution in [0.25, 0.3) is 22.1 Å². The Hall–Kier alpha value is -2.69. The summed E-state index contributed by atoms with van der Waals surface area (Å²) >= 11 is 0. The Kier molecular flexibility index (Phi) is 2.54. The zero-order valence-electron chi connectivity index (χ0n) is 11.5. The van der Waals surface area contributed by atoms with Crippen molar-refractivity contribution < 1.29 is 4.39 Å². The SMILES string of the molecule is Cn1c(Cc2nc3ccc(F)cc3[nH]2)nc2ccccc21. The van der Waals surface area contributed by atoms with E-state index in [0.717, 1.165) is 28.2 Å². The zero-order valence-corrected chi connectivity index (χ0v) is 11.5. The molecule has 1 N–H and O–H groups in total. The Morgan fingerprint density at radius 1 is 1.10 bits per heavy atom. The van der Waals surface area contributed by atoms with E-state index >= 15 is 0 Å². The van der Waals surface area contributed by atoms with Gasteiger partial charge in [-0.2, -0.15) is 0 Å². The summed E-state index contributed by atoms with van der Waals surface area (Å²) in [6.45, 7) is 0. The lowest BCUT2D eigenvalue weighted by molar-refractivity contribution is 0.629. The molecule has 0 atom stereocenters. The van der Waals surface area contributed by atoms with Crippen molar-refractivity contribution in [3.8, 4) is 0 Å². The maximum Gasteiger partial charge on any atom is 0.125 e. The molecule has 0 bridgehead atoms. The first-order chi connectivity index (χ1) is 10.2. The molecule has 0 spiro atoms. The molecule has 5 heteroatoms. The van der Waals surface area contributed by atoms with E-state index in [0.29, 0.717) is 11.9 Å². The lowest BCUT2D eigenvalue weighted by Gasteiger charge is -1.99. The van der Waals surface area contributed by atoms with Crippen LogP contribution >= 0.6 is 0 Å². The lowest BCUT2D eigenvalue weighted by atomic mass is 10.3. The van der Waals surface area contributed by atoms with Gasteiger partial charge in [0.15, 0.2) is 0 Å². The predicted octanol–water partition coefficient (Wildman–Crippen LogP) is 3.18. The number of rotatable bonds is 2. The predicted molar refractivity (Wildman–Crippen MR) is 79.6 cm³/mol. The van der Waals surface area contributed by atoms with Crippen LogP contribution in [0.5, 0.6) is 0 Å². The number of para-hydroxylation sites is 2. The standard InChI is InChI=1S/C16H13FN4/c1-21-14-5-3-2-4-12(14)20-16(21)9-15-18-11-7-6-10(17)8-13(11)19-15/h2-8H,9H2,1H3,(H,18,19). The van der Waals surface area contributed by atoms with E-state index in [1.807, 2.05) is 31.3 Å². The van der Waals surface area contributed by atoms with E-state index < -0.39 is 0 Å². The Balaban J connectivity index is 1.77. The molecule has 21 heavy (non-hydrogen) atoms. The minimum Gasteiger partial charge on any atom is -0.342 e. The van der Waals surface area contributed by atoms with Crippen molar-refractivity contribution in [3.05, 3.63) is 59.9 Å². The number of nitrogens with one attached hydrogen (secondary N) is 1. The van der Waals surface area contributed by atoms with Gasteiger partial charge in [-0.3, -0.25) is 0 Å². The van der Waals surface area contributed by atoms with Crippen LogP contribution in [0.15, 0.2) is 42.5 Å². The Labute approximate surface area is 120 Å². The first-order valence-electron chi connectivity index (χ1n) is 6.75. The lowest BCUT2D eigenvalue weighted by Crippen LogP contribution is -2.00. The number of aromatic amines is 1. The number of nitrogens with zero attached hydrogens (tertiary/aromatic N) is 3. The summed E-state index contributed by atoms with van der Waals surface area (Å²) in [6, 6.07) is 12.6. The third kappa shape index (κ3) is 1.98. The van der Waals surface area contributed by atoms with Gasteiger partial charge in [0.25, 0.3) is 0 Å². The average molecular weight is 280 g/mol. The van der Waals surface area contributed by atoms with Crippen LogP contribution in [0.1, 0.15) is 11.6 Å². The number of hydrogen-bond donors (Lipinski definition) is 1. The first kappa shape index (κ1) is 12.1. The second-order valence-electron chi connectivity index (χ2n) is 5.10. The van der Waals surface area contributed by atoms with Crippen LogP contribution < -0.4 is 0 Å². The highest BCUT2D eigenvalue weighted by atomic mass is 19.1. The molecule has 4 aromatic rings. The van der Waals surface area contributed by atoms with Crippen LogP contribution in [0, 0.1) is 5.82 Å². The monoisotopic (exact) mass is 280 g/mol. The second-order valence-corrected chi connectivity index (χ2v) is 5.10. The van der Waals surface area contributed by atoms with Gasteiger partial charge >= 0.3 is 0 Å². The van der Waals surface area contributed by atoms with Gasteiger partial charge in [0.05, 0.1) is 28.5 Å². The van der Waals surface area contributed by atoms with Crippen molar-refractivity contribution >= 4 is 22.1 Å².